The van der Waals surface area contributed by atoms with Crippen LogP contribution in [0.2, 0.25) is 0 Å². The molecule has 1 saturated heterocycles. The molecule has 2 rings (SSSR count). The first kappa shape index (κ1) is 12.6. The number of rotatable bonds is 2. The quantitative estimate of drug-likeness (QED) is 0.875. The molecule has 0 radical (unpaired) electrons. The molecule has 2 heterocycles. The summed E-state index contributed by atoms with van der Waals surface area (Å²) in [6.45, 7) is 6.13. The van der Waals surface area contributed by atoms with Gasteiger partial charge < -0.3 is 10.2 Å². The summed E-state index contributed by atoms with van der Waals surface area (Å²) in [5.41, 5.74) is 1.22. The molecule has 0 spiro atoms. The number of carbonyl (C=O) groups is 1. The number of hydrogen-bond acceptors (Lipinski definition) is 3. The Labute approximate surface area is 107 Å². The Morgan fingerprint density at radius 3 is 2.82 bits per heavy atom. The second kappa shape index (κ2) is 5.19. The number of nitrogens with one attached hydrogen (secondary N) is 1. The van der Waals surface area contributed by atoms with Crippen LogP contribution >= 0.6 is 11.3 Å². The largest absolute Gasteiger partial charge is 0.337 e. The molecule has 1 aliphatic rings. The molecule has 0 bridgehead atoms. The highest BCUT2D eigenvalue weighted by atomic mass is 32.1. The topological polar surface area (TPSA) is 32.3 Å². The maximum atomic E-state index is 12.3. The highest BCUT2D eigenvalue weighted by Crippen LogP contribution is 2.23. The highest BCUT2D eigenvalue weighted by molar-refractivity contribution is 7.14. The Morgan fingerprint density at radius 1 is 1.53 bits per heavy atom. The number of thiophene rings is 1. The van der Waals surface area contributed by atoms with E-state index in [9.17, 15) is 4.79 Å². The highest BCUT2D eigenvalue weighted by Gasteiger charge is 2.23. The number of aryl methyl sites for hydroxylation is 2. The van der Waals surface area contributed by atoms with Gasteiger partial charge in [0.25, 0.3) is 5.91 Å². The van der Waals surface area contributed by atoms with Crippen LogP contribution in [-0.4, -0.2) is 37.0 Å². The molecule has 1 aliphatic heterocycles. The van der Waals surface area contributed by atoms with Gasteiger partial charge in [0.05, 0.1) is 4.88 Å². The first-order chi connectivity index (χ1) is 8.09. The maximum absolute atomic E-state index is 12.3. The molecule has 1 N–H and O–H groups in total. The third-order valence-corrected chi connectivity index (χ3v) is 4.66. The molecule has 4 heteroatoms. The van der Waals surface area contributed by atoms with E-state index in [1.165, 1.54) is 10.4 Å². The second-order valence-corrected chi connectivity index (χ2v) is 6.02. The predicted octanol–water partition coefficient (Wildman–Crippen LogP) is 2.19. The molecule has 0 aliphatic carbocycles. The van der Waals surface area contributed by atoms with E-state index in [-0.39, 0.29) is 5.91 Å². The fourth-order valence-corrected chi connectivity index (χ4v) is 3.20. The Morgan fingerprint density at radius 2 is 2.29 bits per heavy atom. The molecular weight excluding hydrogens is 232 g/mol. The van der Waals surface area contributed by atoms with Gasteiger partial charge in [-0.25, -0.2) is 0 Å². The van der Waals surface area contributed by atoms with Crippen molar-refractivity contribution in [2.24, 2.45) is 0 Å². The summed E-state index contributed by atoms with van der Waals surface area (Å²) in [6, 6.07) is 2.36. The second-order valence-electron chi connectivity index (χ2n) is 4.77. The van der Waals surface area contributed by atoms with Gasteiger partial charge in [-0.05, 0) is 44.9 Å². The van der Waals surface area contributed by atoms with Crippen LogP contribution in [0, 0.1) is 13.8 Å². The van der Waals surface area contributed by atoms with Crippen LogP contribution in [-0.2, 0) is 0 Å². The van der Waals surface area contributed by atoms with E-state index in [0.29, 0.717) is 6.04 Å². The van der Waals surface area contributed by atoms with Gasteiger partial charge in [0, 0.05) is 24.5 Å². The summed E-state index contributed by atoms with van der Waals surface area (Å²) in [4.78, 5) is 16.3. The zero-order chi connectivity index (χ0) is 12.4. The maximum Gasteiger partial charge on any atom is 0.263 e. The van der Waals surface area contributed by atoms with Crippen molar-refractivity contribution in [3.05, 3.63) is 21.4 Å². The first-order valence-electron chi connectivity index (χ1n) is 6.14. The number of hydrogen-bond donors (Lipinski definition) is 1. The summed E-state index contributed by atoms with van der Waals surface area (Å²) in [6.07, 6.45) is 2.27. The Hall–Kier alpha value is -0.870. The molecule has 0 saturated carbocycles. The summed E-state index contributed by atoms with van der Waals surface area (Å²) >= 11 is 1.60. The summed E-state index contributed by atoms with van der Waals surface area (Å²) in [5, 5.41) is 3.35. The minimum Gasteiger partial charge on any atom is -0.337 e. The lowest BCUT2D eigenvalue weighted by atomic mass is 10.1. The van der Waals surface area contributed by atoms with E-state index in [1.54, 1.807) is 11.3 Å². The summed E-state index contributed by atoms with van der Waals surface area (Å²) < 4.78 is 0. The Balaban J connectivity index is 2.08. The molecule has 0 aromatic carbocycles. The monoisotopic (exact) mass is 252 g/mol. The van der Waals surface area contributed by atoms with Gasteiger partial charge in [-0.1, -0.05) is 0 Å². The lowest BCUT2D eigenvalue weighted by molar-refractivity contribution is 0.0713. The molecule has 3 nitrogen and oxygen atoms in total. The van der Waals surface area contributed by atoms with E-state index >= 15 is 0 Å². The van der Waals surface area contributed by atoms with Crippen LogP contribution in [0.25, 0.3) is 0 Å². The number of amides is 1. The smallest absolute Gasteiger partial charge is 0.263 e. The van der Waals surface area contributed by atoms with Crippen molar-refractivity contribution in [2.45, 2.75) is 32.7 Å². The van der Waals surface area contributed by atoms with Gasteiger partial charge in [0.15, 0.2) is 0 Å². The van der Waals surface area contributed by atoms with Gasteiger partial charge in [-0.2, -0.15) is 0 Å². The van der Waals surface area contributed by atoms with E-state index in [0.717, 1.165) is 30.8 Å². The van der Waals surface area contributed by atoms with Crippen LogP contribution in [0.3, 0.4) is 0 Å². The Bertz CT molecular complexity index is 388. The molecule has 1 fully saturated rings. The van der Waals surface area contributed by atoms with E-state index in [4.69, 9.17) is 0 Å². The van der Waals surface area contributed by atoms with Crippen LogP contribution in [0.15, 0.2) is 6.07 Å². The molecule has 94 valence electrons. The first-order valence-corrected chi connectivity index (χ1v) is 6.96. The van der Waals surface area contributed by atoms with Crippen molar-refractivity contribution in [3.63, 3.8) is 0 Å². The minimum atomic E-state index is 0.167. The molecule has 17 heavy (non-hydrogen) atoms. The van der Waals surface area contributed by atoms with Crippen molar-refractivity contribution in [1.29, 1.82) is 0 Å². The molecule has 1 atom stereocenters. The molecule has 1 aromatic rings. The number of carbonyl (C=O) groups excluding carboxylic acids is 1. The fourth-order valence-electron chi connectivity index (χ4n) is 2.18. The van der Waals surface area contributed by atoms with Crippen molar-refractivity contribution < 1.29 is 4.79 Å². The fraction of sp³-hybridized carbons (Fsp3) is 0.615. The predicted molar refractivity (Wildman–Crippen MR) is 71.8 cm³/mol. The van der Waals surface area contributed by atoms with Crippen molar-refractivity contribution in [2.75, 3.05) is 20.1 Å². The minimum absolute atomic E-state index is 0.167. The average molecular weight is 252 g/mol. The molecule has 1 aromatic heterocycles. The SMILES string of the molecule is Cc1cc(C(=O)N(C)C2CCCNC2)sc1C. The normalized spacial score (nSPS) is 20.3. The van der Waals surface area contributed by atoms with E-state index in [2.05, 4.69) is 19.2 Å². The van der Waals surface area contributed by atoms with Gasteiger partial charge >= 0.3 is 0 Å². The molecule has 1 amide bonds. The van der Waals surface area contributed by atoms with Crippen LogP contribution in [0.5, 0.6) is 0 Å². The van der Waals surface area contributed by atoms with Crippen molar-refractivity contribution >= 4 is 17.2 Å². The van der Waals surface area contributed by atoms with Crippen LogP contribution in [0.1, 0.15) is 33.0 Å². The van der Waals surface area contributed by atoms with Crippen molar-refractivity contribution in [1.82, 2.24) is 10.2 Å². The summed E-state index contributed by atoms with van der Waals surface area (Å²) in [7, 11) is 1.92. The van der Waals surface area contributed by atoms with Crippen LogP contribution in [0.4, 0.5) is 0 Å². The average Bonchev–Trinajstić information content (AvgIpc) is 2.69. The summed E-state index contributed by atoms with van der Waals surface area (Å²) in [5.74, 6) is 0.167. The van der Waals surface area contributed by atoms with Gasteiger partial charge in [-0.3, -0.25) is 4.79 Å². The lowest BCUT2D eigenvalue weighted by Crippen LogP contribution is -2.46. The van der Waals surface area contributed by atoms with Crippen LogP contribution < -0.4 is 5.32 Å². The zero-order valence-electron chi connectivity index (χ0n) is 10.7. The number of nitrogens with zero attached hydrogens (tertiary/aromatic N) is 1. The zero-order valence-corrected chi connectivity index (χ0v) is 11.6. The van der Waals surface area contributed by atoms with E-state index in [1.807, 2.05) is 18.0 Å². The van der Waals surface area contributed by atoms with Crippen molar-refractivity contribution in [3.8, 4) is 0 Å². The number of likely N-dealkylation sites (N-methyl/N-ethyl adjacent to an activating group) is 1. The third-order valence-electron chi connectivity index (χ3n) is 3.52. The van der Waals surface area contributed by atoms with Gasteiger partial charge in [0.2, 0.25) is 0 Å². The van der Waals surface area contributed by atoms with E-state index < -0.39 is 0 Å². The standard InChI is InChI=1S/C13H20N2OS/c1-9-7-12(17-10(9)2)13(16)15(3)11-5-4-6-14-8-11/h7,11,14H,4-6,8H2,1-3H3. The van der Waals surface area contributed by atoms with Gasteiger partial charge in [0.1, 0.15) is 0 Å². The lowest BCUT2D eigenvalue weighted by Gasteiger charge is -2.31. The third kappa shape index (κ3) is 2.69. The molecular formula is C13H20N2OS. The van der Waals surface area contributed by atoms with Gasteiger partial charge in [-0.15, -0.1) is 11.3 Å². The number of piperidine rings is 1. The Kier molecular flexibility index (Phi) is 3.84. The molecule has 1 unspecified atom stereocenters.